The van der Waals surface area contributed by atoms with Gasteiger partial charge in [-0.15, -0.1) is 0 Å². The molecule has 0 spiro atoms. The predicted molar refractivity (Wildman–Crippen MR) is 122 cm³/mol. The molecule has 4 rings (SSSR count). The van der Waals surface area contributed by atoms with Crippen molar-refractivity contribution >= 4 is 29.1 Å². The van der Waals surface area contributed by atoms with Crippen LogP contribution in [0.25, 0.3) is 0 Å². The highest BCUT2D eigenvalue weighted by Crippen LogP contribution is 2.25. The molecule has 3 aromatic rings. The highest BCUT2D eigenvalue weighted by atomic mass is 35.5. The maximum Gasteiger partial charge on any atom is 0.316 e. The topological polar surface area (TPSA) is 109 Å². The van der Waals surface area contributed by atoms with Crippen molar-refractivity contribution in [2.75, 3.05) is 23.8 Å². The fraction of sp³-hybridized carbons (Fsp3) is 0.304. The van der Waals surface area contributed by atoms with E-state index in [-0.39, 0.29) is 12.4 Å². The summed E-state index contributed by atoms with van der Waals surface area (Å²) in [6, 6.07) is 11.0. The van der Waals surface area contributed by atoms with E-state index >= 15 is 0 Å². The van der Waals surface area contributed by atoms with E-state index in [0.29, 0.717) is 23.7 Å². The summed E-state index contributed by atoms with van der Waals surface area (Å²) >= 11 is 6.05. The Morgan fingerprint density at radius 1 is 1.25 bits per heavy atom. The molecule has 3 heterocycles. The molecule has 0 saturated carbocycles. The minimum atomic E-state index is -0.922. The highest BCUT2D eigenvalue weighted by Gasteiger charge is 2.16. The van der Waals surface area contributed by atoms with Crippen LogP contribution in [0.3, 0.4) is 0 Å². The van der Waals surface area contributed by atoms with Gasteiger partial charge >= 0.3 is 12.0 Å². The Hall–Kier alpha value is -3.39. The van der Waals surface area contributed by atoms with Crippen molar-refractivity contribution in [3.05, 3.63) is 70.6 Å². The van der Waals surface area contributed by atoms with Crippen molar-refractivity contribution in [3.63, 3.8) is 0 Å². The number of carbonyl (C=O) groups is 1. The highest BCUT2D eigenvalue weighted by molar-refractivity contribution is 6.30. The predicted octanol–water partition coefficient (Wildman–Crippen LogP) is 4.13. The Morgan fingerprint density at radius 3 is 2.88 bits per heavy atom. The van der Waals surface area contributed by atoms with Crippen LogP contribution in [0.15, 0.2) is 48.8 Å². The second kappa shape index (κ2) is 10.3. The summed E-state index contributed by atoms with van der Waals surface area (Å²) in [6.45, 7) is 1.36. The molecule has 0 radical (unpaired) electrons. The van der Waals surface area contributed by atoms with E-state index in [9.17, 15) is 9.90 Å². The number of aryl methyl sites for hydroxylation is 1. The van der Waals surface area contributed by atoms with Crippen LogP contribution >= 0.6 is 11.6 Å². The summed E-state index contributed by atoms with van der Waals surface area (Å²) in [5.74, 6) is 0.0466. The van der Waals surface area contributed by atoms with Crippen LogP contribution in [0, 0.1) is 0 Å². The van der Waals surface area contributed by atoms with E-state index in [4.69, 9.17) is 16.3 Å². The maximum absolute atomic E-state index is 11.3. The van der Waals surface area contributed by atoms with Gasteiger partial charge in [0.2, 0.25) is 0 Å². The Kier molecular flexibility index (Phi) is 7.01. The Bertz CT molecular complexity index is 1080. The smallest absolute Gasteiger partial charge is 0.316 e. The molecule has 0 bridgehead atoms. The lowest BCUT2D eigenvalue weighted by Crippen LogP contribution is -2.16. The summed E-state index contributed by atoms with van der Waals surface area (Å²) in [4.78, 5) is 24.4. The van der Waals surface area contributed by atoms with Crippen molar-refractivity contribution in [1.82, 2.24) is 15.0 Å². The quantitative estimate of drug-likeness (QED) is 0.443. The number of hydrogen-bond donors (Lipinski definition) is 3. The number of carboxylic acid groups (broad SMARTS) is 1. The molecule has 2 aromatic heterocycles. The number of pyridine rings is 1. The van der Waals surface area contributed by atoms with Crippen molar-refractivity contribution in [2.24, 2.45) is 0 Å². The van der Waals surface area contributed by atoms with Crippen LogP contribution in [-0.4, -0.2) is 39.2 Å². The van der Waals surface area contributed by atoms with E-state index in [0.717, 1.165) is 36.5 Å². The van der Waals surface area contributed by atoms with E-state index in [2.05, 4.69) is 31.7 Å². The van der Waals surface area contributed by atoms with Gasteiger partial charge in [-0.2, -0.15) is 0 Å². The summed E-state index contributed by atoms with van der Waals surface area (Å²) < 4.78 is 5.66. The minimum absolute atomic E-state index is 0.110. The van der Waals surface area contributed by atoms with Gasteiger partial charge in [-0.1, -0.05) is 29.8 Å². The van der Waals surface area contributed by atoms with Crippen LogP contribution in [0.4, 0.5) is 11.5 Å². The molecule has 1 aliphatic heterocycles. The molecule has 9 heteroatoms. The van der Waals surface area contributed by atoms with Gasteiger partial charge in [0.25, 0.3) is 0 Å². The van der Waals surface area contributed by atoms with Crippen molar-refractivity contribution in [2.45, 2.75) is 31.7 Å². The lowest BCUT2D eigenvalue weighted by molar-refractivity contribution is -0.137. The number of carboxylic acids is 1. The summed E-state index contributed by atoms with van der Waals surface area (Å²) in [6.07, 6.45) is 5.88. The third kappa shape index (κ3) is 5.85. The van der Waals surface area contributed by atoms with Crippen molar-refractivity contribution in [1.29, 1.82) is 0 Å². The molecule has 0 saturated heterocycles. The van der Waals surface area contributed by atoms with Crippen molar-refractivity contribution < 1.29 is 14.6 Å². The summed E-state index contributed by atoms with van der Waals surface area (Å²) in [5.41, 5.74) is 3.57. The Labute approximate surface area is 191 Å². The number of ether oxygens (including phenoxy) is 1. The fourth-order valence-corrected chi connectivity index (χ4v) is 3.77. The third-order valence-electron chi connectivity index (χ3n) is 5.14. The second-order valence-corrected chi connectivity index (χ2v) is 7.98. The molecule has 0 fully saturated rings. The first-order valence-electron chi connectivity index (χ1n) is 10.5. The monoisotopic (exact) mass is 453 g/mol. The zero-order valence-electron chi connectivity index (χ0n) is 17.4. The molecule has 3 N–H and O–H groups in total. The fourth-order valence-electron chi connectivity index (χ4n) is 3.57. The number of rotatable bonds is 9. The van der Waals surface area contributed by atoms with Gasteiger partial charge in [0, 0.05) is 23.7 Å². The number of hydrogen-bond acceptors (Lipinski definition) is 7. The van der Waals surface area contributed by atoms with E-state index in [1.807, 2.05) is 12.1 Å². The maximum atomic E-state index is 11.3. The molecule has 0 amide bonds. The van der Waals surface area contributed by atoms with Gasteiger partial charge < -0.3 is 20.5 Å². The molecule has 1 atom stereocenters. The van der Waals surface area contributed by atoms with Crippen LogP contribution in [0.5, 0.6) is 6.01 Å². The number of nitrogens with zero attached hydrogens (tertiary/aromatic N) is 3. The van der Waals surface area contributed by atoms with Crippen LogP contribution in [-0.2, 0) is 17.6 Å². The molecular formula is C23H24ClN5O3. The van der Waals surface area contributed by atoms with E-state index in [1.165, 1.54) is 5.56 Å². The first kappa shape index (κ1) is 21.8. The Morgan fingerprint density at radius 2 is 2.09 bits per heavy atom. The number of nitrogens with one attached hydrogen (secondary N) is 2. The van der Waals surface area contributed by atoms with Crippen LogP contribution in [0.2, 0.25) is 5.02 Å². The van der Waals surface area contributed by atoms with Gasteiger partial charge in [-0.25, -0.2) is 15.0 Å². The van der Waals surface area contributed by atoms with E-state index < -0.39 is 12.0 Å². The molecule has 0 aliphatic carbocycles. The standard InChI is InChI=1S/C23H24ClN5O3/c24-17-5-1-3-16(11-17)20(12-21(30)31)28-19-13-26-23(27-14-19)32-10-8-18-7-6-15-4-2-9-25-22(15)29-18/h1,3,5-7,11,13-14,20,28H,2,4,8-10,12H2,(H,25,29)(H,30,31). The first-order chi connectivity index (χ1) is 15.6. The van der Waals surface area contributed by atoms with Crippen molar-refractivity contribution in [3.8, 4) is 6.01 Å². The summed E-state index contributed by atoms with van der Waals surface area (Å²) in [5, 5.41) is 16.3. The van der Waals surface area contributed by atoms with Gasteiger partial charge in [-0.05, 0) is 42.2 Å². The number of fused-ring (bicyclic) bond motifs is 1. The zero-order valence-corrected chi connectivity index (χ0v) is 18.2. The number of aromatic nitrogens is 3. The summed E-state index contributed by atoms with van der Waals surface area (Å²) in [7, 11) is 0. The van der Waals surface area contributed by atoms with E-state index in [1.54, 1.807) is 30.6 Å². The molecule has 1 aliphatic rings. The average Bonchev–Trinajstić information content (AvgIpc) is 2.79. The molecule has 32 heavy (non-hydrogen) atoms. The molecule has 166 valence electrons. The molecular weight excluding hydrogens is 430 g/mol. The van der Waals surface area contributed by atoms with Crippen LogP contribution in [0.1, 0.15) is 35.7 Å². The largest absolute Gasteiger partial charge is 0.481 e. The number of halogens is 1. The number of benzene rings is 1. The molecule has 1 unspecified atom stereocenters. The lowest BCUT2D eigenvalue weighted by Gasteiger charge is -2.18. The van der Waals surface area contributed by atoms with Gasteiger partial charge in [-0.3, -0.25) is 4.79 Å². The number of aliphatic carboxylic acids is 1. The average molecular weight is 454 g/mol. The third-order valence-corrected chi connectivity index (χ3v) is 5.38. The first-order valence-corrected chi connectivity index (χ1v) is 10.9. The minimum Gasteiger partial charge on any atom is -0.481 e. The normalized spacial score (nSPS) is 13.5. The van der Waals surface area contributed by atoms with Gasteiger partial charge in [0.05, 0.1) is 37.2 Å². The lowest BCUT2D eigenvalue weighted by atomic mass is 10.0. The number of anilines is 2. The molecule has 1 aromatic carbocycles. The zero-order chi connectivity index (χ0) is 22.3. The van der Waals surface area contributed by atoms with Crippen LogP contribution < -0.4 is 15.4 Å². The second-order valence-electron chi connectivity index (χ2n) is 7.54. The Balaban J connectivity index is 1.33. The molecule has 8 nitrogen and oxygen atoms in total. The van der Waals surface area contributed by atoms with Gasteiger partial charge in [0.15, 0.2) is 0 Å². The SMILES string of the molecule is O=C(O)CC(Nc1cnc(OCCc2ccc3c(n2)NCCC3)nc1)c1cccc(Cl)c1. The van der Waals surface area contributed by atoms with Gasteiger partial charge in [0.1, 0.15) is 5.82 Å².